The summed E-state index contributed by atoms with van der Waals surface area (Å²) >= 11 is 0. The fourth-order valence-electron chi connectivity index (χ4n) is 2.44. The van der Waals surface area contributed by atoms with Crippen molar-refractivity contribution in [3.63, 3.8) is 0 Å². The first kappa shape index (κ1) is 16.0. The lowest BCUT2D eigenvalue weighted by Gasteiger charge is -2.18. The van der Waals surface area contributed by atoms with Crippen molar-refractivity contribution in [1.29, 1.82) is 0 Å². The summed E-state index contributed by atoms with van der Waals surface area (Å²) in [5.41, 5.74) is 1.16. The van der Waals surface area contributed by atoms with Gasteiger partial charge in [-0.3, -0.25) is 4.79 Å². The normalized spacial score (nSPS) is 11.7. The Kier molecular flexibility index (Phi) is 4.01. The Balaban J connectivity index is 1.78. The predicted octanol–water partition coefficient (Wildman–Crippen LogP) is 3.56. The number of rotatable bonds is 3. The SMILES string of the molecule is CN(C(=O)Cc1cccc2nccn12)c1ccc(C(F)(F)F)cc1. The average Bonchev–Trinajstić information content (AvgIpc) is 3.03. The molecule has 3 aromatic rings. The summed E-state index contributed by atoms with van der Waals surface area (Å²) in [6, 6.07) is 9.96. The quantitative estimate of drug-likeness (QED) is 0.735. The number of amides is 1. The number of benzene rings is 1. The van der Waals surface area contributed by atoms with Crippen LogP contribution in [0.15, 0.2) is 54.9 Å². The van der Waals surface area contributed by atoms with Crippen LogP contribution in [0.3, 0.4) is 0 Å². The van der Waals surface area contributed by atoms with Crippen LogP contribution in [0, 0.1) is 0 Å². The monoisotopic (exact) mass is 333 g/mol. The van der Waals surface area contributed by atoms with Crippen molar-refractivity contribution >= 4 is 17.2 Å². The second-order valence-corrected chi connectivity index (χ2v) is 5.35. The van der Waals surface area contributed by atoms with E-state index >= 15 is 0 Å². The molecule has 2 heterocycles. The van der Waals surface area contributed by atoms with Gasteiger partial charge in [-0.15, -0.1) is 0 Å². The summed E-state index contributed by atoms with van der Waals surface area (Å²) in [4.78, 5) is 17.9. The van der Waals surface area contributed by atoms with Crippen LogP contribution in [0.4, 0.5) is 18.9 Å². The maximum Gasteiger partial charge on any atom is 0.416 e. The molecule has 0 saturated heterocycles. The van der Waals surface area contributed by atoms with Crippen molar-refractivity contribution in [2.24, 2.45) is 0 Å². The minimum absolute atomic E-state index is 0.116. The highest BCUT2D eigenvalue weighted by Gasteiger charge is 2.30. The number of aromatic nitrogens is 2. The number of nitrogens with zero attached hydrogens (tertiary/aromatic N) is 3. The zero-order valence-electron chi connectivity index (χ0n) is 12.8. The van der Waals surface area contributed by atoms with Gasteiger partial charge in [-0.2, -0.15) is 13.2 Å². The third-order valence-electron chi connectivity index (χ3n) is 3.80. The van der Waals surface area contributed by atoms with E-state index in [1.54, 1.807) is 23.8 Å². The Morgan fingerprint density at radius 1 is 1.17 bits per heavy atom. The van der Waals surface area contributed by atoms with Gasteiger partial charge in [0.25, 0.3) is 0 Å². The number of halogens is 3. The number of carbonyl (C=O) groups excluding carboxylic acids is 1. The van der Waals surface area contributed by atoms with E-state index in [0.29, 0.717) is 5.69 Å². The highest BCUT2D eigenvalue weighted by atomic mass is 19.4. The van der Waals surface area contributed by atoms with Crippen LogP contribution in [0.5, 0.6) is 0 Å². The highest BCUT2D eigenvalue weighted by Crippen LogP contribution is 2.30. The Morgan fingerprint density at radius 2 is 1.88 bits per heavy atom. The summed E-state index contributed by atoms with van der Waals surface area (Å²) in [5.74, 6) is -0.226. The molecule has 3 rings (SSSR count). The second-order valence-electron chi connectivity index (χ2n) is 5.35. The lowest BCUT2D eigenvalue weighted by Crippen LogP contribution is -2.28. The molecule has 1 aromatic carbocycles. The topological polar surface area (TPSA) is 37.6 Å². The number of pyridine rings is 1. The van der Waals surface area contributed by atoms with E-state index in [9.17, 15) is 18.0 Å². The number of hydrogen-bond acceptors (Lipinski definition) is 2. The molecule has 24 heavy (non-hydrogen) atoms. The van der Waals surface area contributed by atoms with Gasteiger partial charge >= 0.3 is 6.18 Å². The first-order valence-corrected chi connectivity index (χ1v) is 7.21. The predicted molar refractivity (Wildman–Crippen MR) is 83.8 cm³/mol. The second kappa shape index (κ2) is 5.99. The Morgan fingerprint density at radius 3 is 2.54 bits per heavy atom. The van der Waals surface area contributed by atoms with Crippen LogP contribution in [0.2, 0.25) is 0 Å². The molecule has 0 fully saturated rings. The average molecular weight is 333 g/mol. The Hall–Kier alpha value is -2.83. The summed E-state index contributed by atoms with van der Waals surface area (Å²) in [6.07, 6.45) is -0.873. The molecule has 0 aliphatic rings. The van der Waals surface area contributed by atoms with Crippen molar-refractivity contribution in [1.82, 2.24) is 9.38 Å². The van der Waals surface area contributed by atoms with Crippen molar-refractivity contribution in [2.45, 2.75) is 12.6 Å². The summed E-state index contributed by atoms with van der Waals surface area (Å²) < 4.78 is 39.6. The molecule has 124 valence electrons. The molecule has 4 nitrogen and oxygen atoms in total. The molecule has 0 aliphatic heterocycles. The minimum atomic E-state index is -4.39. The van der Waals surface area contributed by atoms with E-state index < -0.39 is 11.7 Å². The van der Waals surface area contributed by atoms with Crippen LogP contribution in [0.25, 0.3) is 5.65 Å². The van der Waals surface area contributed by atoms with Crippen molar-refractivity contribution in [2.75, 3.05) is 11.9 Å². The van der Waals surface area contributed by atoms with Crippen molar-refractivity contribution < 1.29 is 18.0 Å². The molecular formula is C17H14F3N3O. The van der Waals surface area contributed by atoms with Gasteiger partial charge in [0, 0.05) is 30.8 Å². The van der Waals surface area contributed by atoms with E-state index in [1.807, 2.05) is 18.2 Å². The number of likely N-dealkylation sites (N-methyl/N-ethyl adjacent to an activating group) is 1. The van der Waals surface area contributed by atoms with E-state index in [-0.39, 0.29) is 12.3 Å². The van der Waals surface area contributed by atoms with Crippen LogP contribution in [0.1, 0.15) is 11.3 Å². The molecular weight excluding hydrogens is 319 g/mol. The minimum Gasteiger partial charge on any atom is -0.315 e. The largest absolute Gasteiger partial charge is 0.416 e. The number of imidazole rings is 1. The van der Waals surface area contributed by atoms with Gasteiger partial charge < -0.3 is 9.30 Å². The molecule has 0 saturated carbocycles. The van der Waals surface area contributed by atoms with Gasteiger partial charge in [-0.25, -0.2) is 4.98 Å². The maximum absolute atomic E-state index is 12.6. The van der Waals surface area contributed by atoms with Crippen LogP contribution in [-0.4, -0.2) is 22.3 Å². The maximum atomic E-state index is 12.6. The third kappa shape index (κ3) is 3.10. The first-order valence-electron chi connectivity index (χ1n) is 7.21. The fraction of sp³-hybridized carbons (Fsp3) is 0.176. The fourth-order valence-corrected chi connectivity index (χ4v) is 2.44. The van der Waals surface area contributed by atoms with Crippen LogP contribution in [-0.2, 0) is 17.4 Å². The first-order chi connectivity index (χ1) is 11.4. The van der Waals surface area contributed by atoms with Crippen LogP contribution < -0.4 is 4.90 Å². The molecule has 0 radical (unpaired) electrons. The molecule has 0 atom stereocenters. The number of hydrogen-bond donors (Lipinski definition) is 0. The van der Waals surface area contributed by atoms with Gasteiger partial charge in [0.1, 0.15) is 5.65 Å². The molecule has 0 spiro atoms. The van der Waals surface area contributed by atoms with Crippen LogP contribution >= 0.6 is 0 Å². The highest BCUT2D eigenvalue weighted by molar-refractivity contribution is 5.94. The standard InChI is InChI=1S/C17H14F3N3O/c1-22(13-7-5-12(6-8-13)17(18,19)20)16(24)11-14-3-2-4-15-21-9-10-23(14)15/h2-10H,11H2,1H3. The van der Waals surface area contributed by atoms with E-state index in [4.69, 9.17) is 0 Å². The summed E-state index contributed by atoms with van der Waals surface area (Å²) in [5, 5.41) is 0. The molecule has 0 N–H and O–H groups in total. The summed E-state index contributed by atoms with van der Waals surface area (Å²) in [7, 11) is 1.54. The number of anilines is 1. The smallest absolute Gasteiger partial charge is 0.315 e. The van der Waals surface area contributed by atoms with E-state index in [0.717, 1.165) is 23.5 Å². The zero-order valence-corrected chi connectivity index (χ0v) is 12.8. The van der Waals surface area contributed by atoms with Crippen molar-refractivity contribution in [3.8, 4) is 0 Å². The van der Waals surface area contributed by atoms with Crippen molar-refractivity contribution in [3.05, 3.63) is 66.1 Å². The Bertz CT molecular complexity index is 869. The van der Waals surface area contributed by atoms with Gasteiger partial charge in [0.05, 0.1) is 12.0 Å². The lowest BCUT2D eigenvalue weighted by atomic mass is 10.1. The molecule has 0 bridgehead atoms. The molecule has 2 aromatic heterocycles. The van der Waals surface area contributed by atoms with E-state index in [1.165, 1.54) is 17.0 Å². The number of fused-ring (bicyclic) bond motifs is 1. The number of alkyl halides is 3. The summed E-state index contributed by atoms with van der Waals surface area (Å²) in [6.45, 7) is 0. The van der Waals surface area contributed by atoms with Gasteiger partial charge in [0.15, 0.2) is 0 Å². The van der Waals surface area contributed by atoms with Gasteiger partial charge in [-0.1, -0.05) is 6.07 Å². The molecule has 0 unspecified atom stereocenters. The number of carbonyl (C=O) groups is 1. The molecule has 0 aliphatic carbocycles. The molecule has 7 heteroatoms. The Labute approximate surface area is 136 Å². The van der Waals surface area contributed by atoms with Gasteiger partial charge in [0.2, 0.25) is 5.91 Å². The molecule has 1 amide bonds. The van der Waals surface area contributed by atoms with E-state index in [2.05, 4.69) is 4.98 Å². The third-order valence-corrected chi connectivity index (χ3v) is 3.80. The zero-order chi connectivity index (χ0) is 17.3. The lowest BCUT2D eigenvalue weighted by molar-refractivity contribution is -0.137. The van der Waals surface area contributed by atoms with Gasteiger partial charge in [-0.05, 0) is 36.4 Å².